The highest BCUT2D eigenvalue weighted by molar-refractivity contribution is 5.79. The van der Waals surface area contributed by atoms with Crippen molar-refractivity contribution >= 4 is 11.0 Å². The SMILES string of the molecule is Cc1cc2ncn(-c3nccnc3C)c2cc1C. The molecule has 4 heteroatoms. The van der Waals surface area contributed by atoms with Gasteiger partial charge in [-0.25, -0.2) is 9.97 Å². The Morgan fingerprint density at radius 3 is 2.39 bits per heavy atom. The van der Waals surface area contributed by atoms with Gasteiger partial charge in [0.25, 0.3) is 0 Å². The summed E-state index contributed by atoms with van der Waals surface area (Å²) in [6, 6.07) is 4.25. The van der Waals surface area contributed by atoms with Gasteiger partial charge in [-0.05, 0) is 44.0 Å². The lowest BCUT2D eigenvalue weighted by Crippen LogP contribution is -2.00. The minimum absolute atomic E-state index is 0.836. The highest BCUT2D eigenvalue weighted by atomic mass is 15.1. The summed E-state index contributed by atoms with van der Waals surface area (Å²) in [5.74, 6) is 0.836. The van der Waals surface area contributed by atoms with Gasteiger partial charge in [-0.3, -0.25) is 9.55 Å². The Hall–Kier alpha value is -2.23. The number of fused-ring (bicyclic) bond motifs is 1. The first-order chi connectivity index (χ1) is 8.66. The first kappa shape index (κ1) is 10.9. The van der Waals surface area contributed by atoms with E-state index in [1.807, 2.05) is 11.5 Å². The molecule has 0 saturated carbocycles. The van der Waals surface area contributed by atoms with Crippen molar-refractivity contribution in [2.75, 3.05) is 0 Å². The monoisotopic (exact) mass is 238 g/mol. The summed E-state index contributed by atoms with van der Waals surface area (Å²) in [6.45, 7) is 6.16. The summed E-state index contributed by atoms with van der Waals surface area (Å²) in [6.07, 6.45) is 5.21. The van der Waals surface area contributed by atoms with E-state index in [0.717, 1.165) is 22.5 Å². The summed E-state index contributed by atoms with van der Waals surface area (Å²) in [5, 5.41) is 0. The molecule has 0 atom stereocenters. The fourth-order valence-corrected chi connectivity index (χ4v) is 2.07. The lowest BCUT2D eigenvalue weighted by molar-refractivity contribution is 0.961. The van der Waals surface area contributed by atoms with E-state index in [1.54, 1.807) is 18.7 Å². The Morgan fingerprint density at radius 2 is 1.61 bits per heavy atom. The van der Waals surface area contributed by atoms with Crippen LogP contribution in [0.4, 0.5) is 0 Å². The zero-order chi connectivity index (χ0) is 12.7. The molecule has 0 unspecified atom stereocenters. The Kier molecular flexibility index (Phi) is 2.37. The van der Waals surface area contributed by atoms with Gasteiger partial charge >= 0.3 is 0 Å². The van der Waals surface area contributed by atoms with Crippen molar-refractivity contribution < 1.29 is 0 Å². The number of aryl methyl sites for hydroxylation is 3. The number of hydrogen-bond donors (Lipinski definition) is 0. The normalized spacial score (nSPS) is 11.1. The molecular formula is C14H14N4. The quantitative estimate of drug-likeness (QED) is 0.654. The summed E-state index contributed by atoms with van der Waals surface area (Å²) < 4.78 is 1.99. The molecule has 0 bridgehead atoms. The molecule has 3 aromatic rings. The van der Waals surface area contributed by atoms with Crippen LogP contribution in [0.3, 0.4) is 0 Å². The van der Waals surface area contributed by atoms with Crippen LogP contribution in [0.15, 0.2) is 30.9 Å². The van der Waals surface area contributed by atoms with Gasteiger partial charge in [0, 0.05) is 12.4 Å². The Morgan fingerprint density at radius 1 is 0.889 bits per heavy atom. The van der Waals surface area contributed by atoms with E-state index in [-0.39, 0.29) is 0 Å². The maximum atomic E-state index is 4.43. The third-order valence-corrected chi connectivity index (χ3v) is 3.25. The van der Waals surface area contributed by atoms with Crippen LogP contribution in [-0.2, 0) is 0 Å². The molecule has 0 aliphatic carbocycles. The van der Waals surface area contributed by atoms with E-state index in [1.165, 1.54) is 11.1 Å². The molecule has 2 aromatic heterocycles. The molecule has 0 fully saturated rings. The third-order valence-electron chi connectivity index (χ3n) is 3.25. The molecule has 1 aromatic carbocycles. The third kappa shape index (κ3) is 1.57. The molecule has 4 nitrogen and oxygen atoms in total. The van der Waals surface area contributed by atoms with Crippen LogP contribution < -0.4 is 0 Å². The second-order valence-electron chi connectivity index (χ2n) is 4.51. The average Bonchev–Trinajstić information content (AvgIpc) is 2.73. The second kappa shape index (κ2) is 3.91. The maximum absolute atomic E-state index is 4.43. The van der Waals surface area contributed by atoms with Gasteiger partial charge in [-0.1, -0.05) is 0 Å². The van der Waals surface area contributed by atoms with Crippen LogP contribution in [0.1, 0.15) is 16.8 Å². The Bertz CT molecular complexity index is 728. The van der Waals surface area contributed by atoms with Crippen LogP contribution in [0.2, 0.25) is 0 Å². The molecule has 2 heterocycles. The van der Waals surface area contributed by atoms with E-state index in [4.69, 9.17) is 0 Å². The number of hydrogen-bond acceptors (Lipinski definition) is 3. The van der Waals surface area contributed by atoms with Crippen molar-refractivity contribution in [3.8, 4) is 5.82 Å². The zero-order valence-corrected chi connectivity index (χ0v) is 10.7. The predicted molar refractivity (Wildman–Crippen MR) is 70.9 cm³/mol. The Labute approximate surface area is 105 Å². The first-order valence-corrected chi connectivity index (χ1v) is 5.89. The molecule has 0 aliphatic heterocycles. The lowest BCUT2D eigenvalue weighted by Gasteiger charge is -2.06. The van der Waals surface area contributed by atoms with Crippen LogP contribution in [0.25, 0.3) is 16.9 Å². The summed E-state index contributed by atoms with van der Waals surface area (Å²) >= 11 is 0. The fraction of sp³-hybridized carbons (Fsp3) is 0.214. The average molecular weight is 238 g/mol. The molecule has 0 aliphatic rings. The minimum Gasteiger partial charge on any atom is -0.281 e. The topological polar surface area (TPSA) is 43.6 Å². The second-order valence-corrected chi connectivity index (χ2v) is 4.51. The van der Waals surface area contributed by atoms with Crippen molar-refractivity contribution in [2.24, 2.45) is 0 Å². The number of aromatic nitrogens is 4. The number of imidazole rings is 1. The number of rotatable bonds is 1. The lowest BCUT2D eigenvalue weighted by atomic mass is 10.1. The van der Waals surface area contributed by atoms with Gasteiger partial charge in [0.15, 0.2) is 5.82 Å². The van der Waals surface area contributed by atoms with Crippen LogP contribution in [0.5, 0.6) is 0 Å². The van der Waals surface area contributed by atoms with Gasteiger partial charge in [-0.15, -0.1) is 0 Å². The summed E-state index contributed by atoms with van der Waals surface area (Å²) in [4.78, 5) is 13.1. The van der Waals surface area contributed by atoms with Crippen molar-refractivity contribution in [3.63, 3.8) is 0 Å². The van der Waals surface area contributed by atoms with E-state index in [9.17, 15) is 0 Å². The molecule has 18 heavy (non-hydrogen) atoms. The standard InChI is InChI=1S/C14H14N4/c1-9-6-12-13(7-10(9)2)18(8-17-12)14-11(3)15-4-5-16-14/h4-8H,1-3H3. The molecular weight excluding hydrogens is 224 g/mol. The minimum atomic E-state index is 0.836. The summed E-state index contributed by atoms with van der Waals surface area (Å²) in [5.41, 5.74) is 5.47. The van der Waals surface area contributed by atoms with E-state index < -0.39 is 0 Å². The van der Waals surface area contributed by atoms with Crippen LogP contribution >= 0.6 is 0 Å². The van der Waals surface area contributed by atoms with Crippen molar-refractivity contribution in [2.45, 2.75) is 20.8 Å². The molecule has 3 rings (SSSR count). The van der Waals surface area contributed by atoms with Gasteiger partial charge in [-0.2, -0.15) is 0 Å². The van der Waals surface area contributed by atoms with Gasteiger partial charge in [0.05, 0.1) is 16.7 Å². The molecule has 0 saturated heterocycles. The van der Waals surface area contributed by atoms with E-state index >= 15 is 0 Å². The molecule has 0 N–H and O–H groups in total. The number of nitrogens with zero attached hydrogens (tertiary/aromatic N) is 4. The van der Waals surface area contributed by atoms with Gasteiger partial charge in [0.2, 0.25) is 0 Å². The van der Waals surface area contributed by atoms with Gasteiger partial charge in [0.1, 0.15) is 6.33 Å². The first-order valence-electron chi connectivity index (χ1n) is 5.89. The zero-order valence-electron chi connectivity index (χ0n) is 10.7. The highest BCUT2D eigenvalue weighted by Gasteiger charge is 2.09. The van der Waals surface area contributed by atoms with E-state index in [0.29, 0.717) is 0 Å². The fourth-order valence-electron chi connectivity index (χ4n) is 2.07. The van der Waals surface area contributed by atoms with Crippen LogP contribution in [-0.4, -0.2) is 19.5 Å². The maximum Gasteiger partial charge on any atom is 0.159 e. The van der Waals surface area contributed by atoms with Gasteiger partial charge < -0.3 is 0 Å². The van der Waals surface area contributed by atoms with Crippen molar-refractivity contribution in [1.29, 1.82) is 0 Å². The molecule has 0 amide bonds. The highest BCUT2D eigenvalue weighted by Crippen LogP contribution is 2.21. The van der Waals surface area contributed by atoms with Crippen molar-refractivity contribution in [3.05, 3.63) is 47.7 Å². The molecule has 0 spiro atoms. The predicted octanol–water partition coefficient (Wildman–Crippen LogP) is 2.74. The van der Waals surface area contributed by atoms with Crippen molar-refractivity contribution in [1.82, 2.24) is 19.5 Å². The smallest absolute Gasteiger partial charge is 0.159 e. The molecule has 90 valence electrons. The van der Waals surface area contributed by atoms with E-state index in [2.05, 4.69) is 40.9 Å². The number of benzene rings is 1. The summed E-state index contributed by atoms with van der Waals surface area (Å²) in [7, 11) is 0. The van der Waals surface area contributed by atoms with Crippen LogP contribution in [0, 0.1) is 20.8 Å². The molecule has 0 radical (unpaired) electrons. The largest absolute Gasteiger partial charge is 0.281 e. The Balaban J connectivity index is 2.31.